The Hall–Kier alpha value is -2.75. The highest BCUT2D eigenvalue weighted by Gasteiger charge is 2.43. The van der Waals surface area contributed by atoms with Gasteiger partial charge in [-0.3, -0.25) is 4.79 Å². The second-order valence-electron chi connectivity index (χ2n) is 9.16. The lowest BCUT2D eigenvalue weighted by Gasteiger charge is -2.47. The molecular weight excluding hydrogens is 370 g/mol. The van der Waals surface area contributed by atoms with Crippen molar-refractivity contribution >= 4 is 11.6 Å². The number of carbonyl (C=O) groups is 1. The summed E-state index contributed by atoms with van der Waals surface area (Å²) in [6.45, 7) is 7.91. The first-order valence-corrected chi connectivity index (χ1v) is 11.3. The number of aromatic nitrogens is 1. The first-order chi connectivity index (χ1) is 14.5. The zero-order valence-corrected chi connectivity index (χ0v) is 18.3. The van der Waals surface area contributed by atoms with Crippen LogP contribution in [0.5, 0.6) is 0 Å². The van der Waals surface area contributed by atoms with Crippen LogP contribution in [0, 0.1) is 13.8 Å². The third kappa shape index (κ3) is 3.10. The Bertz CT molecular complexity index is 1040. The summed E-state index contributed by atoms with van der Waals surface area (Å²) >= 11 is 0. The number of aryl methyl sites for hydroxylation is 2. The molecule has 0 bridgehead atoms. The Balaban J connectivity index is 1.40. The Kier molecular flexibility index (Phi) is 4.61. The third-order valence-electron chi connectivity index (χ3n) is 7.07. The van der Waals surface area contributed by atoms with Crippen LogP contribution in [0.1, 0.15) is 66.2 Å². The summed E-state index contributed by atoms with van der Waals surface area (Å²) in [6, 6.07) is 10.6. The van der Waals surface area contributed by atoms with Gasteiger partial charge in [0.1, 0.15) is 0 Å². The summed E-state index contributed by atoms with van der Waals surface area (Å²) in [5.74, 6) is 0.161. The molecule has 4 nitrogen and oxygen atoms in total. The van der Waals surface area contributed by atoms with Crippen LogP contribution in [-0.4, -0.2) is 28.5 Å². The first kappa shape index (κ1) is 19.2. The molecule has 3 aliphatic rings. The van der Waals surface area contributed by atoms with E-state index >= 15 is 0 Å². The van der Waals surface area contributed by atoms with Crippen molar-refractivity contribution in [1.29, 1.82) is 0 Å². The fourth-order valence-corrected chi connectivity index (χ4v) is 5.49. The van der Waals surface area contributed by atoms with Crippen molar-refractivity contribution in [2.45, 2.75) is 58.4 Å². The largest absolute Gasteiger partial charge is 0.373 e. The van der Waals surface area contributed by atoms with Gasteiger partial charge in [0, 0.05) is 36.2 Å². The van der Waals surface area contributed by atoms with Crippen LogP contribution in [0.3, 0.4) is 0 Å². The molecule has 1 amide bonds. The van der Waals surface area contributed by atoms with Gasteiger partial charge < -0.3 is 14.8 Å². The van der Waals surface area contributed by atoms with Gasteiger partial charge in [-0.05, 0) is 76.3 Å². The molecule has 2 aliphatic heterocycles. The summed E-state index contributed by atoms with van der Waals surface area (Å²) in [4.78, 5) is 15.2. The van der Waals surface area contributed by atoms with Crippen LogP contribution in [0.25, 0.3) is 5.70 Å². The Morgan fingerprint density at radius 1 is 1.10 bits per heavy atom. The number of hydrogen-bond acceptors (Lipinski definition) is 2. The van der Waals surface area contributed by atoms with E-state index in [1.807, 2.05) is 17.0 Å². The first-order valence-electron chi connectivity index (χ1n) is 11.3. The maximum absolute atomic E-state index is 13.2. The molecule has 156 valence electrons. The molecule has 0 saturated carbocycles. The zero-order chi connectivity index (χ0) is 20.9. The lowest BCUT2D eigenvalue weighted by molar-refractivity contribution is 0.0639. The van der Waals surface area contributed by atoms with Gasteiger partial charge in [-0.1, -0.05) is 29.7 Å². The predicted molar refractivity (Wildman–Crippen MR) is 121 cm³/mol. The van der Waals surface area contributed by atoms with Crippen LogP contribution in [0.2, 0.25) is 0 Å². The molecule has 2 aromatic rings. The molecular formula is C26H31N3O. The van der Waals surface area contributed by atoms with E-state index in [0.717, 1.165) is 61.9 Å². The highest BCUT2D eigenvalue weighted by molar-refractivity contribution is 5.94. The number of nitrogens with zero attached hydrogens (tertiary/aromatic N) is 2. The van der Waals surface area contributed by atoms with Gasteiger partial charge in [-0.25, -0.2) is 0 Å². The highest BCUT2D eigenvalue weighted by atomic mass is 16.2. The molecule has 1 aromatic heterocycles. The Labute approximate surface area is 179 Å². The van der Waals surface area contributed by atoms with Gasteiger partial charge in [0.25, 0.3) is 5.91 Å². The molecule has 1 saturated heterocycles. The number of hydrogen-bond donors (Lipinski definition) is 1. The SMILES string of the molecule is CCC1=CC2=C(CC1)n1cccc1C1(CCN(C(=O)c3cc(C)cc(C)c3)CC1)N2. The predicted octanol–water partition coefficient (Wildman–Crippen LogP) is 5.14. The minimum Gasteiger partial charge on any atom is -0.373 e. The summed E-state index contributed by atoms with van der Waals surface area (Å²) in [6.07, 6.45) is 9.81. The molecule has 5 rings (SSSR count). The molecule has 1 aromatic carbocycles. The van der Waals surface area contributed by atoms with Gasteiger partial charge in [0.05, 0.1) is 11.2 Å². The van der Waals surface area contributed by atoms with Crippen LogP contribution < -0.4 is 5.32 Å². The molecule has 1 N–H and O–H groups in total. The van der Waals surface area contributed by atoms with Crippen LogP contribution in [0.15, 0.2) is 53.9 Å². The van der Waals surface area contributed by atoms with E-state index in [1.54, 1.807) is 0 Å². The number of benzene rings is 1. The molecule has 1 fully saturated rings. The topological polar surface area (TPSA) is 37.3 Å². The molecule has 0 radical (unpaired) electrons. The molecule has 0 atom stereocenters. The monoisotopic (exact) mass is 401 g/mol. The Morgan fingerprint density at radius 3 is 2.53 bits per heavy atom. The fraction of sp³-hybridized carbons (Fsp3) is 0.423. The molecule has 3 heterocycles. The lowest BCUT2D eigenvalue weighted by atomic mass is 9.81. The van der Waals surface area contributed by atoms with E-state index in [1.165, 1.54) is 22.7 Å². The van der Waals surface area contributed by atoms with Crippen LogP contribution >= 0.6 is 0 Å². The number of amides is 1. The standard InChI is InChI=1S/C26H31N3O/c1-4-20-7-8-23-22(17-20)27-26(24-6-5-11-29(23)24)9-12-28(13-10-26)25(30)21-15-18(2)14-19(3)16-21/h5-6,11,14-17,27H,4,7-10,12-13H2,1-3H3. The minimum absolute atomic E-state index is 0.0890. The molecule has 0 unspecified atom stereocenters. The number of fused-ring (bicyclic) bond motifs is 3. The number of allylic oxidation sites excluding steroid dienone is 3. The van der Waals surface area contributed by atoms with E-state index in [0.29, 0.717) is 0 Å². The van der Waals surface area contributed by atoms with Crippen molar-refractivity contribution in [2.24, 2.45) is 0 Å². The van der Waals surface area contributed by atoms with Gasteiger partial charge in [-0.2, -0.15) is 0 Å². The lowest BCUT2D eigenvalue weighted by Crippen LogP contribution is -2.54. The summed E-state index contributed by atoms with van der Waals surface area (Å²) in [5, 5.41) is 3.94. The second-order valence-corrected chi connectivity index (χ2v) is 9.16. The third-order valence-corrected chi connectivity index (χ3v) is 7.07. The molecule has 4 heteroatoms. The number of rotatable bonds is 2. The van der Waals surface area contributed by atoms with Gasteiger partial charge in [0.2, 0.25) is 0 Å². The molecule has 30 heavy (non-hydrogen) atoms. The quantitative estimate of drug-likeness (QED) is 0.757. The highest BCUT2D eigenvalue weighted by Crippen LogP contribution is 2.42. The van der Waals surface area contributed by atoms with E-state index in [2.05, 4.69) is 61.1 Å². The summed E-state index contributed by atoms with van der Waals surface area (Å²) in [5.41, 5.74) is 8.58. The average Bonchev–Trinajstić information content (AvgIpc) is 3.24. The normalized spacial score (nSPS) is 19.8. The second kappa shape index (κ2) is 7.19. The van der Waals surface area contributed by atoms with Crippen LogP contribution in [0.4, 0.5) is 0 Å². The van der Waals surface area contributed by atoms with Crippen molar-refractivity contribution in [3.8, 4) is 0 Å². The van der Waals surface area contributed by atoms with Crippen molar-refractivity contribution < 1.29 is 4.79 Å². The van der Waals surface area contributed by atoms with E-state index < -0.39 is 0 Å². The number of carbonyl (C=O) groups excluding carboxylic acids is 1. The average molecular weight is 402 g/mol. The minimum atomic E-state index is -0.0890. The van der Waals surface area contributed by atoms with Gasteiger partial charge in [-0.15, -0.1) is 0 Å². The molecule has 1 spiro atoms. The van der Waals surface area contributed by atoms with Gasteiger partial charge >= 0.3 is 0 Å². The summed E-state index contributed by atoms with van der Waals surface area (Å²) in [7, 11) is 0. The maximum Gasteiger partial charge on any atom is 0.253 e. The van der Waals surface area contributed by atoms with E-state index in [9.17, 15) is 4.79 Å². The Morgan fingerprint density at radius 2 is 1.83 bits per heavy atom. The van der Waals surface area contributed by atoms with Crippen LogP contribution in [-0.2, 0) is 5.54 Å². The van der Waals surface area contributed by atoms with Crippen molar-refractivity contribution in [2.75, 3.05) is 13.1 Å². The van der Waals surface area contributed by atoms with Crippen molar-refractivity contribution in [3.63, 3.8) is 0 Å². The fourth-order valence-electron chi connectivity index (χ4n) is 5.49. The number of likely N-dealkylation sites (tertiary alicyclic amines) is 1. The van der Waals surface area contributed by atoms with Crippen molar-refractivity contribution in [3.05, 3.63) is 76.3 Å². The zero-order valence-electron chi connectivity index (χ0n) is 18.3. The van der Waals surface area contributed by atoms with E-state index in [-0.39, 0.29) is 11.4 Å². The number of piperidine rings is 1. The maximum atomic E-state index is 13.2. The number of nitrogens with one attached hydrogen (secondary N) is 1. The smallest absolute Gasteiger partial charge is 0.253 e. The molecule has 1 aliphatic carbocycles. The summed E-state index contributed by atoms with van der Waals surface area (Å²) < 4.78 is 2.41. The van der Waals surface area contributed by atoms with Gasteiger partial charge in [0.15, 0.2) is 0 Å². The van der Waals surface area contributed by atoms with E-state index in [4.69, 9.17) is 0 Å². The van der Waals surface area contributed by atoms with Crippen molar-refractivity contribution in [1.82, 2.24) is 14.8 Å².